The summed E-state index contributed by atoms with van der Waals surface area (Å²) in [6.45, 7) is 6.23. The number of rotatable bonds is 5. The summed E-state index contributed by atoms with van der Waals surface area (Å²) in [6.07, 6.45) is 1.96. The first-order chi connectivity index (χ1) is 7.47. The van der Waals surface area contributed by atoms with Gasteiger partial charge in [0, 0.05) is 0 Å². The summed E-state index contributed by atoms with van der Waals surface area (Å²) in [7, 11) is -3.56. The predicted molar refractivity (Wildman–Crippen MR) is 80.4 cm³/mol. The van der Waals surface area contributed by atoms with Crippen LogP contribution in [0.2, 0.25) is 0 Å². The van der Waals surface area contributed by atoms with Crippen LogP contribution < -0.4 is 0 Å². The molecule has 0 spiro atoms. The van der Waals surface area contributed by atoms with E-state index in [0.717, 1.165) is 12.8 Å². The highest BCUT2D eigenvalue weighted by Gasteiger charge is 2.45. The van der Waals surface area contributed by atoms with Crippen LogP contribution in [0.1, 0.15) is 33.6 Å². The van der Waals surface area contributed by atoms with Gasteiger partial charge in [-0.1, -0.05) is 61.6 Å². The number of hydrogen-bond acceptors (Lipinski definition) is 3. The smallest absolute Gasteiger partial charge is 0.270 e. The fourth-order valence-corrected chi connectivity index (χ4v) is 4.56. The molecule has 0 amide bonds. The van der Waals surface area contributed by atoms with Crippen molar-refractivity contribution in [3.8, 4) is 0 Å². The molecule has 0 aromatic rings. The monoisotopic (exact) mass is 454 g/mol. The van der Waals surface area contributed by atoms with Gasteiger partial charge in [0.1, 0.15) is 5.25 Å². The van der Waals surface area contributed by atoms with Crippen molar-refractivity contribution in [3.63, 3.8) is 0 Å². The van der Waals surface area contributed by atoms with Crippen LogP contribution in [-0.4, -0.2) is 22.4 Å². The van der Waals surface area contributed by atoms with Crippen molar-refractivity contribution in [1.82, 2.24) is 0 Å². The summed E-state index contributed by atoms with van der Waals surface area (Å²) in [6, 6.07) is 0. The maximum Gasteiger partial charge on any atom is 0.273 e. The van der Waals surface area contributed by atoms with E-state index in [1.807, 2.05) is 0 Å². The highest BCUT2D eigenvalue weighted by atomic mass is 80.0. The van der Waals surface area contributed by atoms with Crippen molar-refractivity contribution in [1.29, 1.82) is 0 Å². The Balaban J connectivity index is 2.41. The molecule has 0 aromatic heterocycles. The molecule has 0 bridgehead atoms. The maximum absolute atomic E-state index is 11.8. The van der Waals surface area contributed by atoms with Crippen molar-refractivity contribution < 1.29 is 12.6 Å². The van der Waals surface area contributed by atoms with Gasteiger partial charge in [-0.25, -0.2) is 0 Å². The van der Waals surface area contributed by atoms with Crippen LogP contribution in [0.3, 0.4) is 0 Å². The molecule has 1 aliphatic rings. The molecule has 3 nitrogen and oxygen atoms in total. The highest BCUT2D eigenvalue weighted by Crippen LogP contribution is 2.53. The van der Waals surface area contributed by atoms with Gasteiger partial charge in [0.2, 0.25) is 0 Å². The van der Waals surface area contributed by atoms with Crippen LogP contribution in [-0.2, 0) is 14.3 Å². The molecule has 7 heteroatoms. The van der Waals surface area contributed by atoms with Crippen LogP contribution >= 0.6 is 47.8 Å². The second-order valence-electron chi connectivity index (χ2n) is 5.18. The average Bonchev–Trinajstić information content (AvgIpc) is 2.71. The standard InChI is InChI=1S/C10H17Br3O3S/c1-7(10(11,12)13)17(14,15)16-5-4-8-6-9(8,2)3/h7-8H,4-6H2,1-3H3. The number of alkyl halides is 3. The Morgan fingerprint density at radius 2 is 1.88 bits per heavy atom. The molecular formula is C10H17Br3O3S. The number of halogens is 3. The molecule has 102 valence electrons. The highest BCUT2D eigenvalue weighted by molar-refractivity contribution is 9.39. The van der Waals surface area contributed by atoms with Gasteiger partial charge in [-0.2, -0.15) is 8.42 Å². The van der Waals surface area contributed by atoms with Gasteiger partial charge in [0.15, 0.2) is 2.14 Å². The van der Waals surface area contributed by atoms with Gasteiger partial charge in [-0.05, 0) is 31.1 Å². The second kappa shape index (κ2) is 5.38. The Morgan fingerprint density at radius 3 is 2.24 bits per heavy atom. The average molecular weight is 457 g/mol. The summed E-state index contributed by atoms with van der Waals surface area (Å²) in [5, 5.41) is -0.720. The fraction of sp³-hybridized carbons (Fsp3) is 1.00. The van der Waals surface area contributed by atoms with E-state index in [4.69, 9.17) is 4.18 Å². The minimum absolute atomic E-state index is 0.268. The molecule has 0 aliphatic heterocycles. The van der Waals surface area contributed by atoms with Crippen LogP contribution in [0.4, 0.5) is 0 Å². The quantitative estimate of drug-likeness (QED) is 0.464. The maximum atomic E-state index is 11.8. The van der Waals surface area contributed by atoms with Crippen molar-refractivity contribution >= 4 is 57.9 Å². The zero-order valence-corrected chi connectivity index (χ0v) is 15.6. The summed E-state index contributed by atoms with van der Waals surface area (Å²) >= 11 is 9.62. The van der Waals surface area contributed by atoms with E-state index in [0.29, 0.717) is 11.3 Å². The molecule has 1 saturated carbocycles. The second-order valence-corrected chi connectivity index (χ2v) is 14.1. The molecule has 1 fully saturated rings. The van der Waals surface area contributed by atoms with Crippen molar-refractivity contribution in [2.45, 2.75) is 41.0 Å². The van der Waals surface area contributed by atoms with Crippen molar-refractivity contribution in [2.75, 3.05) is 6.61 Å². The minimum Gasteiger partial charge on any atom is -0.270 e. The number of hydrogen-bond donors (Lipinski definition) is 0. The largest absolute Gasteiger partial charge is 0.273 e. The zero-order chi connectivity index (χ0) is 13.5. The lowest BCUT2D eigenvalue weighted by Gasteiger charge is -2.20. The molecule has 0 aromatic carbocycles. The molecule has 0 radical (unpaired) electrons. The third kappa shape index (κ3) is 4.75. The normalized spacial score (nSPS) is 25.6. The lowest BCUT2D eigenvalue weighted by molar-refractivity contribution is 0.292. The van der Waals surface area contributed by atoms with Crippen molar-refractivity contribution in [3.05, 3.63) is 0 Å². The van der Waals surface area contributed by atoms with Crippen molar-refractivity contribution in [2.24, 2.45) is 11.3 Å². The molecule has 0 N–H and O–H groups in total. The van der Waals surface area contributed by atoms with Gasteiger partial charge >= 0.3 is 0 Å². The first-order valence-corrected chi connectivity index (χ1v) is 9.27. The molecule has 17 heavy (non-hydrogen) atoms. The first-order valence-electron chi connectivity index (χ1n) is 5.42. The fourth-order valence-electron chi connectivity index (χ4n) is 1.64. The molecule has 2 atom stereocenters. The summed E-state index contributed by atoms with van der Waals surface area (Å²) in [5.41, 5.74) is 0.364. The SMILES string of the molecule is CC(C(Br)(Br)Br)S(=O)(=O)OCCC1CC1(C)C. The van der Waals surface area contributed by atoms with E-state index in [-0.39, 0.29) is 6.61 Å². The lowest BCUT2D eigenvalue weighted by atomic mass is 10.1. The van der Waals surface area contributed by atoms with E-state index in [9.17, 15) is 8.42 Å². The van der Waals surface area contributed by atoms with E-state index < -0.39 is 17.5 Å². The van der Waals surface area contributed by atoms with Gasteiger partial charge in [0.25, 0.3) is 10.1 Å². The van der Waals surface area contributed by atoms with E-state index in [1.165, 1.54) is 0 Å². The van der Waals surface area contributed by atoms with Crippen LogP contribution in [0.5, 0.6) is 0 Å². The molecular weight excluding hydrogens is 440 g/mol. The Bertz CT molecular complexity index is 373. The molecule has 0 saturated heterocycles. The minimum atomic E-state index is -3.56. The Morgan fingerprint density at radius 1 is 1.41 bits per heavy atom. The first kappa shape index (κ1) is 16.4. The van der Waals surface area contributed by atoms with E-state index in [2.05, 4.69) is 61.6 Å². The summed E-state index contributed by atoms with van der Waals surface area (Å²) in [5.74, 6) is 0.592. The van der Waals surface area contributed by atoms with E-state index >= 15 is 0 Å². The van der Waals surface area contributed by atoms with Crippen LogP contribution in [0.25, 0.3) is 0 Å². The van der Waals surface area contributed by atoms with Gasteiger partial charge in [-0.15, -0.1) is 0 Å². The Labute approximate surface area is 129 Å². The van der Waals surface area contributed by atoms with Gasteiger partial charge in [0.05, 0.1) is 6.61 Å². The zero-order valence-electron chi connectivity index (χ0n) is 10.0. The summed E-state index contributed by atoms with van der Waals surface area (Å²) < 4.78 is 27.9. The topological polar surface area (TPSA) is 43.4 Å². The van der Waals surface area contributed by atoms with E-state index in [1.54, 1.807) is 6.92 Å². The van der Waals surface area contributed by atoms with Gasteiger partial charge < -0.3 is 0 Å². The third-order valence-corrected chi connectivity index (χ3v) is 8.01. The van der Waals surface area contributed by atoms with Crippen LogP contribution in [0, 0.1) is 11.3 Å². The third-order valence-electron chi connectivity index (χ3n) is 3.33. The predicted octanol–water partition coefficient (Wildman–Crippen LogP) is 4.00. The van der Waals surface area contributed by atoms with Crippen LogP contribution in [0.15, 0.2) is 0 Å². The molecule has 2 unspecified atom stereocenters. The Hall–Kier alpha value is 1.35. The molecule has 1 aliphatic carbocycles. The van der Waals surface area contributed by atoms with Gasteiger partial charge in [-0.3, -0.25) is 4.18 Å². The molecule has 0 heterocycles. The molecule has 1 rings (SSSR count). The Kier molecular flexibility index (Phi) is 5.20. The lowest BCUT2D eigenvalue weighted by Crippen LogP contribution is -2.31. The summed E-state index contributed by atoms with van der Waals surface area (Å²) in [4.78, 5) is 0.